The maximum Gasteiger partial charge on any atom is 0.255 e. The second-order valence-corrected chi connectivity index (χ2v) is 5.29. The number of nitrogens with zero attached hydrogens (tertiary/aromatic N) is 2. The van der Waals surface area contributed by atoms with Crippen molar-refractivity contribution in [1.82, 2.24) is 14.9 Å². The lowest BCUT2D eigenvalue weighted by Crippen LogP contribution is -2.35. The second kappa shape index (κ2) is 5.37. The van der Waals surface area contributed by atoms with Gasteiger partial charge in [0.2, 0.25) is 0 Å². The lowest BCUT2D eigenvalue weighted by molar-refractivity contribution is 0.241. The van der Waals surface area contributed by atoms with E-state index in [0.29, 0.717) is 36.5 Å². The number of aromatic amines is 1. The van der Waals surface area contributed by atoms with Crippen LogP contribution >= 0.6 is 0 Å². The predicted molar refractivity (Wildman–Crippen MR) is 73.8 cm³/mol. The summed E-state index contributed by atoms with van der Waals surface area (Å²) in [7, 11) is 0. The van der Waals surface area contributed by atoms with E-state index in [2.05, 4.69) is 9.97 Å². The first-order valence-corrected chi connectivity index (χ1v) is 6.78. The SMILES string of the molecule is Cc1nc2c(c(=O)[nH]1)CN(Cc1ccc(F)c(F)c1)CC2. The van der Waals surface area contributed by atoms with Gasteiger partial charge in [0, 0.05) is 26.1 Å². The number of fused-ring (bicyclic) bond motifs is 1. The van der Waals surface area contributed by atoms with Crippen molar-refractivity contribution in [2.45, 2.75) is 26.4 Å². The minimum absolute atomic E-state index is 0.118. The molecule has 1 aromatic carbocycles. The first-order chi connectivity index (χ1) is 10.0. The zero-order chi connectivity index (χ0) is 15.0. The van der Waals surface area contributed by atoms with Gasteiger partial charge in [-0.15, -0.1) is 0 Å². The van der Waals surface area contributed by atoms with Crippen LogP contribution in [0.15, 0.2) is 23.0 Å². The molecule has 0 saturated carbocycles. The molecule has 1 aliphatic heterocycles. The summed E-state index contributed by atoms with van der Waals surface area (Å²) in [5.74, 6) is -1.08. The highest BCUT2D eigenvalue weighted by atomic mass is 19.2. The van der Waals surface area contributed by atoms with Crippen LogP contribution in [-0.2, 0) is 19.5 Å². The summed E-state index contributed by atoms with van der Waals surface area (Å²) in [6, 6.07) is 3.88. The summed E-state index contributed by atoms with van der Waals surface area (Å²) in [6.07, 6.45) is 0.684. The Morgan fingerprint density at radius 1 is 1.33 bits per heavy atom. The number of rotatable bonds is 2. The number of H-pyrrole nitrogens is 1. The van der Waals surface area contributed by atoms with Gasteiger partial charge in [0.15, 0.2) is 11.6 Å². The largest absolute Gasteiger partial charge is 0.310 e. The molecule has 0 atom stereocenters. The summed E-state index contributed by atoms with van der Waals surface area (Å²) >= 11 is 0. The molecule has 1 aliphatic rings. The van der Waals surface area contributed by atoms with E-state index >= 15 is 0 Å². The summed E-state index contributed by atoms with van der Waals surface area (Å²) in [5, 5.41) is 0. The zero-order valence-electron chi connectivity index (χ0n) is 11.6. The molecule has 3 rings (SSSR count). The highest BCUT2D eigenvalue weighted by molar-refractivity contribution is 5.22. The van der Waals surface area contributed by atoms with Gasteiger partial charge in [0.1, 0.15) is 5.82 Å². The maximum atomic E-state index is 13.2. The molecule has 110 valence electrons. The fourth-order valence-electron chi connectivity index (χ4n) is 2.64. The molecule has 0 amide bonds. The van der Waals surface area contributed by atoms with Crippen molar-refractivity contribution in [3.8, 4) is 0 Å². The van der Waals surface area contributed by atoms with E-state index in [0.717, 1.165) is 18.3 Å². The quantitative estimate of drug-likeness (QED) is 0.919. The number of halogens is 2. The first-order valence-electron chi connectivity index (χ1n) is 6.78. The molecule has 0 aliphatic carbocycles. The van der Waals surface area contributed by atoms with Crippen molar-refractivity contribution < 1.29 is 8.78 Å². The fourth-order valence-corrected chi connectivity index (χ4v) is 2.64. The van der Waals surface area contributed by atoms with E-state index in [4.69, 9.17) is 0 Å². The molecule has 0 bridgehead atoms. The Morgan fingerprint density at radius 3 is 2.90 bits per heavy atom. The summed E-state index contributed by atoms with van der Waals surface area (Å²) in [6.45, 7) is 3.44. The van der Waals surface area contributed by atoms with E-state index in [1.165, 1.54) is 6.07 Å². The van der Waals surface area contributed by atoms with Gasteiger partial charge in [-0.3, -0.25) is 9.69 Å². The average Bonchev–Trinajstić information content (AvgIpc) is 2.43. The molecule has 0 spiro atoms. The van der Waals surface area contributed by atoms with Gasteiger partial charge in [-0.2, -0.15) is 0 Å². The van der Waals surface area contributed by atoms with Crippen LogP contribution in [0.25, 0.3) is 0 Å². The lowest BCUT2D eigenvalue weighted by atomic mass is 10.1. The smallest absolute Gasteiger partial charge is 0.255 e. The third-order valence-electron chi connectivity index (χ3n) is 3.66. The third-order valence-corrected chi connectivity index (χ3v) is 3.66. The minimum atomic E-state index is -0.848. The van der Waals surface area contributed by atoms with E-state index < -0.39 is 11.6 Å². The molecule has 0 saturated heterocycles. The van der Waals surface area contributed by atoms with Crippen molar-refractivity contribution >= 4 is 0 Å². The van der Waals surface area contributed by atoms with Crippen LogP contribution in [-0.4, -0.2) is 21.4 Å². The average molecular weight is 291 g/mol. The fraction of sp³-hybridized carbons (Fsp3) is 0.333. The van der Waals surface area contributed by atoms with E-state index in [1.54, 1.807) is 13.0 Å². The number of nitrogens with one attached hydrogen (secondary N) is 1. The Bertz CT molecular complexity index is 742. The monoisotopic (exact) mass is 291 g/mol. The van der Waals surface area contributed by atoms with Gasteiger partial charge in [-0.25, -0.2) is 13.8 Å². The Kier molecular flexibility index (Phi) is 3.55. The summed E-state index contributed by atoms with van der Waals surface area (Å²) in [4.78, 5) is 21.0. The van der Waals surface area contributed by atoms with Crippen molar-refractivity contribution in [2.24, 2.45) is 0 Å². The lowest BCUT2D eigenvalue weighted by Gasteiger charge is -2.27. The molecule has 0 radical (unpaired) electrons. The van der Waals surface area contributed by atoms with E-state index in [-0.39, 0.29) is 5.56 Å². The first kappa shape index (κ1) is 13.9. The Balaban J connectivity index is 1.80. The molecule has 0 unspecified atom stereocenters. The molecular formula is C15H15F2N3O. The molecule has 1 aromatic heterocycles. The topological polar surface area (TPSA) is 49.0 Å². The molecular weight excluding hydrogens is 276 g/mol. The predicted octanol–water partition coefficient (Wildman–Crippen LogP) is 1.91. The second-order valence-electron chi connectivity index (χ2n) is 5.29. The van der Waals surface area contributed by atoms with Crippen molar-refractivity contribution in [2.75, 3.05) is 6.54 Å². The molecule has 2 aromatic rings. The van der Waals surface area contributed by atoms with Crippen molar-refractivity contribution in [3.05, 3.63) is 62.8 Å². The Morgan fingerprint density at radius 2 is 2.14 bits per heavy atom. The van der Waals surface area contributed by atoms with Crippen LogP contribution in [0.5, 0.6) is 0 Å². The minimum Gasteiger partial charge on any atom is -0.310 e. The number of aromatic nitrogens is 2. The molecule has 0 fully saturated rings. The standard InChI is InChI=1S/C15H15F2N3O/c1-9-18-14-4-5-20(8-11(14)15(21)19-9)7-10-2-3-12(16)13(17)6-10/h2-3,6H,4-5,7-8H2,1H3,(H,18,19,21). The summed E-state index contributed by atoms with van der Waals surface area (Å²) < 4.78 is 26.1. The molecule has 2 heterocycles. The Hall–Kier alpha value is -2.08. The number of benzene rings is 1. The normalized spacial score (nSPS) is 15.0. The highest BCUT2D eigenvalue weighted by Gasteiger charge is 2.20. The van der Waals surface area contributed by atoms with Gasteiger partial charge in [0.05, 0.1) is 11.3 Å². The Labute approximate surface area is 120 Å². The van der Waals surface area contributed by atoms with E-state index in [1.807, 2.05) is 4.90 Å². The molecule has 1 N–H and O–H groups in total. The number of hydrogen-bond acceptors (Lipinski definition) is 3. The van der Waals surface area contributed by atoms with E-state index in [9.17, 15) is 13.6 Å². The van der Waals surface area contributed by atoms with Crippen LogP contribution in [0.2, 0.25) is 0 Å². The highest BCUT2D eigenvalue weighted by Crippen LogP contribution is 2.17. The number of hydrogen-bond donors (Lipinski definition) is 1. The van der Waals surface area contributed by atoms with Crippen LogP contribution in [0.4, 0.5) is 8.78 Å². The van der Waals surface area contributed by atoms with Gasteiger partial charge in [0.25, 0.3) is 5.56 Å². The van der Waals surface area contributed by atoms with Crippen molar-refractivity contribution in [3.63, 3.8) is 0 Å². The van der Waals surface area contributed by atoms with Crippen LogP contribution in [0.3, 0.4) is 0 Å². The van der Waals surface area contributed by atoms with Crippen LogP contribution in [0.1, 0.15) is 22.6 Å². The molecule has 4 nitrogen and oxygen atoms in total. The molecule has 6 heteroatoms. The van der Waals surface area contributed by atoms with Crippen LogP contribution < -0.4 is 5.56 Å². The molecule has 21 heavy (non-hydrogen) atoms. The van der Waals surface area contributed by atoms with Gasteiger partial charge < -0.3 is 4.98 Å². The van der Waals surface area contributed by atoms with Crippen LogP contribution in [0, 0.1) is 18.6 Å². The maximum absolute atomic E-state index is 13.2. The number of aryl methyl sites for hydroxylation is 1. The van der Waals surface area contributed by atoms with Gasteiger partial charge >= 0.3 is 0 Å². The van der Waals surface area contributed by atoms with Gasteiger partial charge in [-0.1, -0.05) is 6.07 Å². The third kappa shape index (κ3) is 2.85. The van der Waals surface area contributed by atoms with Crippen molar-refractivity contribution in [1.29, 1.82) is 0 Å². The van der Waals surface area contributed by atoms with Gasteiger partial charge in [-0.05, 0) is 24.6 Å². The zero-order valence-corrected chi connectivity index (χ0v) is 11.6. The summed E-state index contributed by atoms with van der Waals surface area (Å²) in [5.41, 5.74) is 2.06.